The van der Waals surface area contributed by atoms with Crippen molar-refractivity contribution in [1.82, 2.24) is 15.3 Å². The first kappa shape index (κ1) is 22.7. The molecular weight excluding hydrogens is 468 g/mol. The highest BCUT2D eigenvalue weighted by atomic mass is 19.4. The molecule has 1 saturated carbocycles. The van der Waals surface area contributed by atoms with Gasteiger partial charge in [-0.1, -0.05) is 42.5 Å². The largest absolute Gasteiger partial charge is 0.419 e. The number of nitrogens with zero attached hydrogens (tertiary/aromatic N) is 2. The van der Waals surface area contributed by atoms with Gasteiger partial charge in [-0.3, -0.25) is 0 Å². The molecule has 3 aromatic carbocycles. The van der Waals surface area contributed by atoms with E-state index in [4.69, 9.17) is 0 Å². The van der Waals surface area contributed by atoms with E-state index in [0.29, 0.717) is 11.4 Å². The predicted octanol–water partition coefficient (Wildman–Crippen LogP) is 6.32. The van der Waals surface area contributed by atoms with Gasteiger partial charge in [0.1, 0.15) is 11.6 Å². The van der Waals surface area contributed by atoms with Crippen molar-refractivity contribution in [2.24, 2.45) is 5.41 Å². The molecule has 2 aliphatic rings. The Balaban J connectivity index is 1.53. The van der Waals surface area contributed by atoms with Gasteiger partial charge in [0.25, 0.3) is 0 Å². The van der Waals surface area contributed by atoms with Gasteiger partial charge >= 0.3 is 6.18 Å². The Bertz CT molecular complexity index is 1510. The first-order valence-electron chi connectivity index (χ1n) is 11.9. The van der Waals surface area contributed by atoms with Crippen molar-refractivity contribution in [2.75, 3.05) is 13.1 Å². The van der Waals surface area contributed by atoms with Gasteiger partial charge in [0.2, 0.25) is 0 Å². The number of rotatable bonds is 3. The maximum absolute atomic E-state index is 14.3. The molecule has 1 spiro atoms. The third-order valence-electron chi connectivity index (χ3n) is 7.93. The Kier molecular flexibility index (Phi) is 4.99. The monoisotopic (exact) mass is 490 g/mol. The highest BCUT2D eigenvalue weighted by molar-refractivity contribution is 5.78. The molecule has 1 unspecified atom stereocenters. The Morgan fingerprint density at radius 1 is 0.944 bits per heavy atom. The van der Waals surface area contributed by atoms with Crippen LogP contribution in [-0.4, -0.2) is 23.1 Å². The number of benzene rings is 3. The molecule has 1 atom stereocenters. The summed E-state index contributed by atoms with van der Waals surface area (Å²) in [7, 11) is 0. The van der Waals surface area contributed by atoms with Crippen molar-refractivity contribution in [1.29, 1.82) is 5.26 Å². The molecule has 2 heterocycles. The van der Waals surface area contributed by atoms with E-state index < -0.39 is 23.0 Å². The lowest BCUT2D eigenvalue weighted by molar-refractivity contribution is -0.139. The fourth-order valence-electron chi connectivity index (χ4n) is 6.09. The summed E-state index contributed by atoms with van der Waals surface area (Å²) in [5.41, 5.74) is 1.32. The quantitative estimate of drug-likeness (QED) is 0.331. The Labute approximate surface area is 205 Å². The third-order valence-corrected chi connectivity index (χ3v) is 7.93. The number of piperidine rings is 1. The first-order chi connectivity index (χ1) is 17.3. The van der Waals surface area contributed by atoms with E-state index >= 15 is 0 Å². The molecular formula is C28H22F4N4. The van der Waals surface area contributed by atoms with Crippen LogP contribution in [-0.2, 0) is 11.6 Å². The second-order valence-corrected chi connectivity index (χ2v) is 9.78. The molecule has 2 N–H and O–H groups in total. The Morgan fingerprint density at radius 3 is 2.39 bits per heavy atom. The van der Waals surface area contributed by atoms with E-state index in [1.54, 1.807) is 0 Å². The average molecular weight is 491 g/mol. The van der Waals surface area contributed by atoms with Crippen molar-refractivity contribution in [2.45, 2.75) is 30.9 Å². The van der Waals surface area contributed by atoms with Gasteiger partial charge in [0, 0.05) is 6.07 Å². The average Bonchev–Trinajstić information content (AvgIpc) is 3.30. The number of H-pyrrole nitrogens is 1. The molecule has 0 bridgehead atoms. The van der Waals surface area contributed by atoms with Crippen molar-refractivity contribution in [3.8, 4) is 17.2 Å². The van der Waals surface area contributed by atoms with Crippen LogP contribution in [0.15, 0.2) is 60.7 Å². The molecule has 0 radical (unpaired) electrons. The van der Waals surface area contributed by atoms with E-state index in [2.05, 4.69) is 21.4 Å². The summed E-state index contributed by atoms with van der Waals surface area (Å²) in [6, 6.07) is 19.5. The van der Waals surface area contributed by atoms with E-state index in [-0.39, 0.29) is 16.4 Å². The van der Waals surface area contributed by atoms with E-state index in [0.717, 1.165) is 61.2 Å². The molecule has 4 nitrogen and oxygen atoms in total. The Hall–Kier alpha value is -3.70. The minimum atomic E-state index is -4.81. The van der Waals surface area contributed by atoms with Crippen LogP contribution in [0.4, 0.5) is 17.6 Å². The fourth-order valence-corrected chi connectivity index (χ4v) is 6.09. The van der Waals surface area contributed by atoms with Crippen molar-refractivity contribution >= 4 is 11.0 Å². The topological polar surface area (TPSA) is 64.5 Å². The highest BCUT2D eigenvalue weighted by Crippen LogP contribution is 2.72. The second kappa shape index (κ2) is 7.90. The molecule has 1 aromatic heterocycles. The number of nitriles is 1. The number of hydrogen-bond donors (Lipinski definition) is 2. The van der Waals surface area contributed by atoms with Crippen LogP contribution in [0, 0.1) is 22.6 Å². The summed E-state index contributed by atoms with van der Waals surface area (Å²) in [6.45, 7) is 1.61. The van der Waals surface area contributed by atoms with Gasteiger partial charge in [-0.2, -0.15) is 18.4 Å². The van der Waals surface area contributed by atoms with Crippen molar-refractivity contribution in [3.63, 3.8) is 0 Å². The van der Waals surface area contributed by atoms with Gasteiger partial charge in [-0.05, 0) is 66.6 Å². The maximum atomic E-state index is 14.3. The van der Waals surface area contributed by atoms with E-state index in [1.807, 2.05) is 48.5 Å². The molecule has 6 rings (SSSR count). The minimum absolute atomic E-state index is 0.133. The molecule has 1 saturated heterocycles. The van der Waals surface area contributed by atoms with Crippen LogP contribution in [0.25, 0.3) is 22.2 Å². The molecule has 4 aromatic rings. The van der Waals surface area contributed by atoms with E-state index in [1.165, 1.54) is 0 Å². The minimum Gasteiger partial charge on any atom is -0.341 e. The summed E-state index contributed by atoms with van der Waals surface area (Å²) < 4.78 is 54.3. The lowest BCUT2D eigenvalue weighted by atomic mass is 9.78. The Morgan fingerprint density at radius 2 is 1.69 bits per heavy atom. The summed E-state index contributed by atoms with van der Waals surface area (Å²) in [4.78, 5) is 7.72. The standard InChI is InChI=1S/C28H22F4N4/c29-22-14-24-23(13-21(22)28(30,31)32)35-25(36-24)27(16-26(27)8-10-34-11-9-26)20-7-6-18(12-19(20)15-33)17-4-2-1-3-5-17/h1-7,12-14,34H,8-11,16H2,(H,35,36). The molecule has 1 aliphatic heterocycles. The number of halogens is 4. The number of aromatic amines is 1. The smallest absolute Gasteiger partial charge is 0.341 e. The van der Waals surface area contributed by atoms with Crippen LogP contribution in [0.5, 0.6) is 0 Å². The molecule has 0 amide bonds. The first-order valence-corrected chi connectivity index (χ1v) is 11.9. The number of fused-ring (bicyclic) bond motifs is 1. The zero-order valence-electron chi connectivity index (χ0n) is 19.2. The summed E-state index contributed by atoms with van der Waals surface area (Å²) in [6.07, 6.45) is -2.40. The van der Waals surface area contributed by atoms with Crippen LogP contribution >= 0.6 is 0 Å². The highest BCUT2D eigenvalue weighted by Gasteiger charge is 2.70. The number of hydrogen-bond acceptors (Lipinski definition) is 3. The van der Waals surface area contributed by atoms with Crippen LogP contribution < -0.4 is 5.32 Å². The van der Waals surface area contributed by atoms with Crippen molar-refractivity contribution in [3.05, 3.63) is 89.0 Å². The van der Waals surface area contributed by atoms with E-state index in [9.17, 15) is 22.8 Å². The molecule has 1 aliphatic carbocycles. The number of nitrogens with one attached hydrogen (secondary N) is 2. The maximum Gasteiger partial charge on any atom is 0.419 e. The fraction of sp³-hybridized carbons (Fsp3) is 0.286. The zero-order valence-corrected chi connectivity index (χ0v) is 19.2. The van der Waals surface area contributed by atoms with Crippen LogP contribution in [0.3, 0.4) is 0 Å². The lowest BCUT2D eigenvalue weighted by Gasteiger charge is -2.30. The zero-order chi connectivity index (χ0) is 25.1. The second-order valence-electron chi connectivity index (χ2n) is 9.78. The number of alkyl halides is 3. The van der Waals surface area contributed by atoms with Crippen molar-refractivity contribution < 1.29 is 17.6 Å². The summed E-state index contributed by atoms with van der Waals surface area (Å²) in [5.74, 6) is -0.860. The lowest BCUT2D eigenvalue weighted by Crippen LogP contribution is -2.34. The molecule has 36 heavy (non-hydrogen) atoms. The predicted molar refractivity (Wildman–Crippen MR) is 128 cm³/mol. The van der Waals surface area contributed by atoms with Gasteiger partial charge < -0.3 is 10.3 Å². The number of aromatic nitrogens is 2. The molecule has 2 fully saturated rings. The molecule has 182 valence electrons. The third kappa shape index (κ3) is 3.34. The number of imidazole rings is 1. The SMILES string of the molecule is N#Cc1cc(-c2ccccc2)ccc1C1(c2nc3cc(F)c(C(F)(F)F)cc3[nH]2)CC12CCNCC2. The van der Waals surface area contributed by atoms with Gasteiger partial charge in [-0.25, -0.2) is 9.37 Å². The molecule has 8 heteroatoms. The van der Waals surface area contributed by atoms with Crippen LogP contribution in [0.2, 0.25) is 0 Å². The summed E-state index contributed by atoms with van der Waals surface area (Å²) >= 11 is 0. The summed E-state index contributed by atoms with van der Waals surface area (Å²) in [5, 5.41) is 13.5. The normalized spacial score (nSPS) is 21.0. The van der Waals surface area contributed by atoms with Gasteiger partial charge in [0.05, 0.1) is 33.6 Å². The van der Waals surface area contributed by atoms with Gasteiger partial charge in [0.15, 0.2) is 0 Å². The van der Waals surface area contributed by atoms with Crippen LogP contribution in [0.1, 0.15) is 41.8 Å². The van der Waals surface area contributed by atoms with Gasteiger partial charge in [-0.15, -0.1) is 0 Å².